The molecular formula is C17H13BrN6O. The summed E-state index contributed by atoms with van der Waals surface area (Å²) in [7, 11) is 0. The Bertz CT molecular complexity index is 1010. The zero-order valence-electron chi connectivity index (χ0n) is 13.3. The summed E-state index contributed by atoms with van der Waals surface area (Å²) < 4.78 is 6.31. The highest BCUT2D eigenvalue weighted by Crippen LogP contribution is 2.20. The third-order valence-electron chi connectivity index (χ3n) is 3.69. The van der Waals surface area contributed by atoms with Gasteiger partial charge in [0.05, 0.1) is 0 Å². The maximum Gasteiger partial charge on any atom is 0.250 e. The zero-order chi connectivity index (χ0) is 17.2. The number of benzene rings is 2. The van der Waals surface area contributed by atoms with Gasteiger partial charge in [-0.15, -0.1) is 10.2 Å². The fourth-order valence-electron chi connectivity index (χ4n) is 2.40. The molecular weight excluding hydrogens is 384 g/mol. The Hall–Kier alpha value is -2.87. The molecule has 0 unspecified atom stereocenters. The zero-order valence-corrected chi connectivity index (χ0v) is 14.9. The molecule has 0 atom stereocenters. The molecule has 0 radical (unpaired) electrons. The number of hydrogen-bond donors (Lipinski definition) is 0. The van der Waals surface area contributed by atoms with Crippen molar-refractivity contribution in [2.24, 2.45) is 0 Å². The number of tetrazole rings is 1. The fraction of sp³-hybridized carbons (Fsp3) is 0.118. The molecule has 0 aliphatic carbocycles. The Morgan fingerprint density at radius 1 is 1.04 bits per heavy atom. The molecule has 2 aromatic heterocycles. The molecule has 0 saturated heterocycles. The molecule has 2 heterocycles. The number of halogens is 1. The number of nitrogens with zero attached hydrogens (tertiary/aromatic N) is 6. The monoisotopic (exact) mass is 396 g/mol. The van der Waals surface area contributed by atoms with Gasteiger partial charge in [-0.05, 0) is 42.0 Å². The minimum Gasteiger partial charge on any atom is -0.337 e. The first-order chi connectivity index (χ1) is 12.2. The van der Waals surface area contributed by atoms with Gasteiger partial charge in [0.25, 0.3) is 5.89 Å². The van der Waals surface area contributed by atoms with Crippen LogP contribution >= 0.6 is 15.9 Å². The Labute approximate surface area is 151 Å². The average Bonchev–Trinajstić information content (AvgIpc) is 3.26. The van der Waals surface area contributed by atoms with Gasteiger partial charge in [0, 0.05) is 15.6 Å². The molecule has 7 nitrogen and oxygen atoms in total. The van der Waals surface area contributed by atoms with Crippen molar-refractivity contribution in [1.29, 1.82) is 0 Å². The second kappa shape index (κ2) is 6.56. The van der Waals surface area contributed by atoms with E-state index in [1.807, 2.05) is 55.5 Å². The van der Waals surface area contributed by atoms with Crippen LogP contribution in [0.2, 0.25) is 0 Å². The minimum atomic E-state index is 0.266. The lowest BCUT2D eigenvalue weighted by Crippen LogP contribution is -2.04. The molecule has 25 heavy (non-hydrogen) atoms. The summed E-state index contributed by atoms with van der Waals surface area (Å²) >= 11 is 3.40. The lowest BCUT2D eigenvalue weighted by molar-refractivity contribution is 0.356. The van der Waals surface area contributed by atoms with Gasteiger partial charge in [-0.25, -0.2) is 0 Å². The van der Waals surface area contributed by atoms with Crippen LogP contribution in [-0.4, -0.2) is 30.3 Å². The lowest BCUT2D eigenvalue weighted by atomic mass is 10.1. The largest absolute Gasteiger partial charge is 0.337 e. The van der Waals surface area contributed by atoms with Crippen LogP contribution in [0.25, 0.3) is 22.8 Å². The predicted octanol–water partition coefficient (Wildman–Crippen LogP) is 3.51. The van der Waals surface area contributed by atoms with E-state index < -0.39 is 0 Å². The van der Waals surface area contributed by atoms with Crippen LogP contribution in [0.4, 0.5) is 0 Å². The normalized spacial score (nSPS) is 11.0. The molecule has 0 N–H and O–H groups in total. The highest BCUT2D eigenvalue weighted by molar-refractivity contribution is 9.10. The van der Waals surface area contributed by atoms with Gasteiger partial charge in [0.1, 0.15) is 6.54 Å². The molecule has 4 aromatic rings. The smallest absolute Gasteiger partial charge is 0.250 e. The van der Waals surface area contributed by atoms with Crippen molar-refractivity contribution in [3.05, 3.63) is 64.5 Å². The van der Waals surface area contributed by atoms with Crippen LogP contribution in [0, 0.1) is 6.92 Å². The van der Waals surface area contributed by atoms with Crippen molar-refractivity contribution in [2.45, 2.75) is 13.5 Å². The van der Waals surface area contributed by atoms with E-state index in [-0.39, 0.29) is 6.54 Å². The Balaban J connectivity index is 1.54. The number of rotatable bonds is 4. The second-order valence-electron chi connectivity index (χ2n) is 5.48. The fourth-order valence-corrected chi connectivity index (χ4v) is 2.66. The van der Waals surface area contributed by atoms with E-state index in [1.165, 1.54) is 4.80 Å². The summed E-state index contributed by atoms with van der Waals surface area (Å²) in [6.07, 6.45) is 0. The number of hydrogen-bond acceptors (Lipinski definition) is 6. The van der Waals surface area contributed by atoms with Crippen molar-refractivity contribution >= 4 is 15.9 Å². The van der Waals surface area contributed by atoms with Crippen LogP contribution < -0.4 is 0 Å². The van der Waals surface area contributed by atoms with E-state index in [0.29, 0.717) is 17.5 Å². The van der Waals surface area contributed by atoms with Crippen molar-refractivity contribution in [1.82, 2.24) is 30.3 Å². The quantitative estimate of drug-likeness (QED) is 0.524. The van der Waals surface area contributed by atoms with Crippen LogP contribution in [0.5, 0.6) is 0 Å². The van der Waals surface area contributed by atoms with Gasteiger partial charge in [0.15, 0.2) is 0 Å². The summed E-state index contributed by atoms with van der Waals surface area (Å²) in [5.74, 6) is 1.53. The van der Waals surface area contributed by atoms with Crippen molar-refractivity contribution in [2.75, 3.05) is 0 Å². The summed E-state index contributed by atoms with van der Waals surface area (Å²) in [6.45, 7) is 2.28. The summed E-state index contributed by atoms with van der Waals surface area (Å²) in [5.41, 5.74) is 2.92. The van der Waals surface area contributed by atoms with E-state index in [4.69, 9.17) is 4.52 Å². The minimum absolute atomic E-state index is 0.266. The molecule has 0 amide bonds. The summed E-state index contributed by atoms with van der Waals surface area (Å²) in [5, 5.41) is 16.5. The molecule has 8 heteroatoms. The standard InChI is InChI=1S/C17H13BrN6O/c1-11-4-2-3-5-14(11)17-19-15(25-22-17)10-24-21-16(20-23-24)12-6-8-13(18)9-7-12/h2-9H,10H2,1H3. The Morgan fingerprint density at radius 3 is 2.64 bits per heavy atom. The predicted molar refractivity (Wildman–Crippen MR) is 94.5 cm³/mol. The SMILES string of the molecule is Cc1ccccc1-c1noc(Cn2nnc(-c3ccc(Br)cc3)n2)n1. The molecule has 0 fully saturated rings. The van der Waals surface area contributed by atoms with Crippen molar-refractivity contribution < 1.29 is 4.52 Å². The molecule has 2 aromatic carbocycles. The van der Waals surface area contributed by atoms with Gasteiger partial charge in [-0.1, -0.05) is 45.4 Å². The van der Waals surface area contributed by atoms with Crippen molar-refractivity contribution in [3.63, 3.8) is 0 Å². The first-order valence-corrected chi connectivity index (χ1v) is 8.41. The van der Waals surface area contributed by atoms with E-state index in [1.54, 1.807) is 0 Å². The summed E-state index contributed by atoms with van der Waals surface area (Å²) in [6, 6.07) is 15.6. The van der Waals surface area contributed by atoms with Crippen LogP contribution in [0.15, 0.2) is 57.5 Å². The molecule has 0 aliphatic heterocycles. The molecule has 0 aliphatic rings. The molecule has 4 rings (SSSR count). The molecule has 0 bridgehead atoms. The number of aryl methyl sites for hydroxylation is 1. The third-order valence-corrected chi connectivity index (χ3v) is 4.21. The topological polar surface area (TPSA) is 82.5 Å². The lowest BCUT2D eigenvalue weighted by Gasteiger charge is -1.98. The molecule has 124 valence electrons. The van der Waals surface area contributed by atoms with E-state index in [2.05, 4.69) is 41.5 Å². The van der Waals surface area contributed by atoms with E-state index in [0.717, 1.165) is 21.2 Å². The maximum atomic E-state index is 5.31. The van der Waals surface area contributed by atoms with Gasteiger partial charge in [0.2, 0.25) is 11.6 Å². The van der Waals surface area contributed by atoms with E-state index >= 15 is 0 Å². The highest BCUT2D eigenvalue weighted by Gasteiger charge is 2.13. The Morgan fingerprint density at radius 2 is 1.84 bits per heavy atom. The van der Waals surface area contributed by atoms with Crippen molar-refractivity contribution in [3.8, 4) is 22.8 Å². The Kier molecular flexibility index (Phi) is 4.10. The first-order valence-electron chi connectivity index (χ1n) is 7.61. The molecule has 0 saturated carbocycles. The van der Waals surface area contributed by atoms with E-state index in [9.17, 15) is 0 Å². The second-order valence-corrected chi connectivity index (χ2v) is 6.39. The molecule has 0 spiro atoms. The maximum absolute atomic E-state index is 5.31. The van der Waals surface area contributed by atoms with Gasteiger partial charge in [-0.2, -0.15) is 9.78 Å². The summed E-state index contributed by atoms with van der Waals surface area (Å²) in [4.78, 5) is 5.85. The number of aromatic nitrogens is 6. The van der Waals surface area contributed by atoms with Crippen LogP contribution in [0.1, 0.15) is 11.5 Å². The third kappa shape index (κ3) is 3.34. The van der Waals surface area contributed by atoms with Gasteiger partial charge >= 0.3 is 0 Å². The van der Waals surface area contributed by atoms with Gasteiger partial charge < -0.3 is 4.52 Å². The first kappa shape index (κ1) is 15.6. The van der Waals surface area contributed by atoms with Crippen LogP contribution in [-0.2, 0) is 6.54 Å². The van der Waals surface area contributed by atoms with Crippen LogP contribution in [0.3, 0.4) is 0 Å². The van der Waals surface area contributed by atoms with Gasteiger partial charge in [-0.3, -0.25) is 0 Å². The highest BCUT2D eigenvalue weighted by atomic mass is 79.9. The average molecular weight is 397 g/mol.